The first-order valence-electron chi connectivity index (χ1n) is 5.73. The van der Waals surface area contributed by atoms with Crippen LogP contribution in [0.5, 0.6) is 17.2 Å². The minimum absolute atomic E-state index is 0.0714. The Labute approximate surface area is 106 Å². The van der Waals surface area contributed by atoms with Crippen molar-refractivity contribution < 1.29 is 15.3 Å². The summed E-state index contributed by atoms with van der Waals surface area (Å²) in [4.78, 5) is 0. The molecule has 3 N–H and O–H groups in total. The fourth-order valence-electron chi connectivity index (χ4n) is 2.06. The van der Waals surface area contributed by atoms with Gasteiger partial charge < -0.3 is 15.3 Å². The van der Waals surface area contributed by atoms with Crippen LogP contribution in [0.4, 0.5) is 0 Å². The smallest absolute Gasteiger partial charge is 0.165 e. The molecular weight excluding hydrogens is 228 g/mol. The molecule has 0 aliphatic rings. The van der Waals surface area contributed by atoms with Crippen molar-refractivity contribution in [1.29, 1.82) is 0 Å². The Morgan fingerprint density at radius 2 is 1.28 bits per heavy atom. The van der Waals surface area contributed by atoms with E-state index in [1.54, 1.807) is 0 Å². The first-order valence-corrected chi connectivity index (χ1v) is 5.73. The molecule has 94 valence electrons. The third-order valence-corrected chi connectivity index (χ3v) is 3.21. The average molecular weight is 244 g/mol. The van der Waals surface area contributed by atoms with E-state index >= 15 is 0 Å². The summed E-state index contributed by atoms with van der Waals surface area (Å²) >= 11 is 0. The minimum atomic E-state index is -0.317. The third kappa shape index (κ3) is 1.99. The highest BCUT2D eigenvalue weighted by Gasteiger charge is 2.13. The predicted molar refractivity (Wildman–Crippen MR) is 71.1 cm³/mol. The summed E-state index contributed by atoms with van der Waals surface area (Å²) < 4.78 is 0. The molecule has 0 saturated carbocycles. The van der Waals surface area contributed by atoms with E-state index < -0.39 is 0 Å². The van der Waals surface area contributed by atoms with Gasteiger partial charge in [-0.2, -0.15) is 0 Å². The monoisotopic (exact) mass is 244 g/mol. The molecule has 3 heteroatoms. The van der Waals surface area contributed by atoms with Crippen molar-refractivity contribution in [2.24, 2.45) is 0 Å². The molecule has 0 atom stereocenters. The van der Waals surface area contributed by atoms with Gasteiger partial charge in [0, 0.05) is 11.6 Å². The second-order valence-electron chi connectivity index (χ2n) is 4.61. The Morgan fingerprint density at radius 3 is 1.94 bits per heavy atom. The van der Waals surface area contributed by atoms with Crippen LogP contribution in [0.25, 0.3) is 11.1 Å². The number of aryl methyl sites for hydroxylation is 3. The number of phenolic OH excluding ortho intramolecular Hbond substituents is 3. The van der Waals surface area contributed by atoms with Crippen LogP contribution in [0.15, 0.2) is 24.3 Å². The minimum Gasteiger partial charge on any atom is -0.508 e. The lowest BCUT2D eigenvalue weighted by molar-refractivity contribution is 0.398. The van der Waals surface area contributed by atoms with Crippen molar-refractivity contribution in [1.82, 2.24) is 0 Å². The van der Waals surface area contributed by atoms with Crippen LogP contribution >= 0.6 is 0 Å². The fourth-order valence-corrected chi connectivity index (χ4v) is 2.06. The van der Waals surface area contributed by atoms with Crippen molar-refractivity contribution in [3.8, 4) is 28.4 Å². The van der Waals surface area contributed by atoms with Gasteiger partial charge in [0.1, 0.15) is 5.75 Å². The van der Waals surface area contributed by atoms with Gasteiger partial charge in [0.05, 0.1) is 0 Å². The molecule has 2 aromatic carbocycles. The first kappa shape index (κ1) is 12.3. The number of hydrogen-bond acceptors (Lipinski definition) is 3. The average Bonchev–Trinajstić information content (AvgIpc) is 2.29. The van der Waals surface area contributed by atoms with Crippen molar-refractivity contribution in [3.63, 3.8) is 0 Å². The SMILES string of the molecule is Cc1cc(C)c(-c2cc(O)cc(O)c2O)cc1C. The molecule has 3 nitrogen and oxygen atoms in total. The van der Waals surface area contributed by atoms with E-state index in [-0.39, 0.29) is 17.2 Å². The van der Waals surface area contributed by atoms with E-state index in [1.165, 1.54) is 11.6 Å². The van der Waals surface area contributed by atoms with Gasteiger partial charge in [0.15, 0.2) is 11.5 Å². The van der Waals surface area contributed by atoms with Gasteiger partial charge in [-0.25, -0.2) is 0 Å². The predicted octanol–water partition coefficient (Wildman–Crippen LogP) is 3.40. The molecule has 0 spiro atoms. The summed E-state index contributed by atoms with van der Waals surface area (Å²) in [5, 5.41) is 29.0. The van der Waals surface area contributed by atoms with E-state index in [1.807, 2.05) is 32.9 Å². The maximum absolute atomic E-state index is 9.90. The summed E-state index contributed by atoms with van der Waals surface area (Å²) in [7, 11) is 0. The zero-order chi connectivity index (χ0) is 13.4. The Hall–Kier alpha value is -2.16. The van der Waals surface area contributed by atoms with Gasteiger partial charge in [-0.1, -0.05) is 12.1 Å². The Bertz CT molecular complexity index is 616. The van der Waals surface area contributed by atoms with Crippen LogP contribution in [0.2, 0.25) is 0 Å². The Morgan fingerprint density at radius 1 is 0.667 bits per heavy atom. The first-order chi connectivity index (χ1) is 8.40. The van der Waals surface area contributed by atoms with Gasteiger partial charge in [0.2, 0.25) is 0 Å². The number of phenols is 3. The van der Waals surface area contributed by atoms with Gasteiger partial charge in [-0.05, 0) is 49.1 Å². The number of rotatable bonds is 1. The van der Waals surface area contributed by atoms with Crippen LogP contribution in [0.1, 0.15) is 16.7 Å². The van der Waals surface area contributed by atoms with Crippen LogP contribution in [-0.4, -0.2) is 15.3 Å². The Balaban J connectivity index is 2.73. The van der Waals surface area contributed by atoms with Crippen LogP contribution in [0, 0.1) is 20.8 Å². The largest absolute Gasteiger partial charge is 0.508 e. The van der Waals surface area contributed by atoms with E-state index in [9.17, 15) is 15.3 Å². The van der Waals surface area contributed by atoms with Crippen molar-refractivity contribution in [2.45, 2.75) is 20.8 Å². The van der Waals surface area contributed by atoms with Crippen LogP contribution in [0.3, 0.4) is 0 Å². The molecule has 0 unspecified atom stereocenters. The summed E-state index contributed by atoms with van der Waals surface area (Å²) in [5.74, 6) is -0.597. The number of aromatic hydroxyl groups is 3. The summed E-state index contributed by atoms with van der Waals surface area (Å²) in [5.41, 5.74) is 4.49. The van der Waals surface area contributed by atoms with Gasteiger partial charge >= 0.3 is 0 Å². The molecule has 0 bridgehead atoms. The maximum atomic E-state index is 9.90. The van der Waals surface area contributed by atoms with Crippen LogP contribution in [-0.2, 0) is 0 Å². The van der Waals surface area contributed by atoms with E-state index in [0.29, 0.717) is 5.56 Å². The lowest BCUT2D eigenvalue weighted by Crippen LogP contribution is -1.89. The fraction of sp³-hybridized carbons (Fsp3) is 0.200. The molecule has 0 aromatic heterocycles. The molecule has 0 aliphatic heterocycles. The summed E-state index contributed by atoms with van der Waals surface area (Å²) in [6.45, 7) is 5.94. The molecule has 0 aliphatic carbocycles. The molecule has 0 saturated heterocycles. The quantitative estimate of drug-likeness (QED) is 0.532. The van der Waals surface area contributed by atoms with Gasteiger partial charge in [0.25, 0.3) is 0 Å². The normalized spacial score (nSPS) is 10.6. The molecule has 2 rings (SSSR count). The maximum Gasteiger partial charge on any atom is 0.165 e. The lowest BCUT2D eigenvalue weighted by Gasteiger charge is -2.12. The highest BCUT2D eigenvalue weighted by atomic mass is 16.3. The van der Waals surface area contributed by atoms with Crippen molar-refractivity contribution in [3.05, 3.63) is 41.0 Å². The van der Waals surface area contributed by atoms with E-state index in [0.717, 1.165) is 22.8 Å². The van der Waals surface area contributed by atoms with E-state index in [4.69, 9.17) is 0 Å². The number of hydrogen-bond donors (Lipinski definition) is 3. The molecule has 0 heterocycles. The molecule has 0 amide bonds. The second-order valence-corrected chi connectivity index (χ2v) is 4.61. The number of benzene rings is 2. The highest BCUT2D eigenvalue weighted by Crippen LogP contribution is 2.41. The topological polar surface area (TPSA) is 60.7 Å². The zero-order valence-electron chi connectivity index (χ0n) is 10.7. The van der Waals surface area contributed by atoms with Crippen LogP contribution < -0.4 is 0 Å². The Kier molecular flexibility index (Phi) is 2.91. The molecule has 0 radical (unpaired) electrons. The lowest BCUT2D eigenvalue weighted by atomic mass is 9.94. The molecule has 2 aromatic rings. The van der Waals surface area contributed by atoms with E-state index in [2.05, 4.69) is 0 Å². The standard InChI is InChI=1S/C15H16O3/c1-8-4-10(3)12(5-9(8)2)13-6-11(16)7-14(17)15(13)18/h4-7,16-18H,1-3H3. The molecular formula is C15H16O3. The third-order valence-electron chi connectivity index (χ3n) is 3.21. The zero-order valence-corrected chi connectivity index (χ0v) is 10.7. The summed E-state index contributed by atoms with van der Waals surface area (Å²) in [6, 6.07) is 6.53. The van der Waals surface area contributed by atoms with Gasteiger partial charge in [-0.3, -0.25) is 0 Å². The van der Waals surface area contributed by atoms with Crippen molar-refractivity contribution in [2.75, 3.05) is 0 Å². The molecule has 18 heavy (non-hydrogen) atoms. The van der Waals surface area contributed by atoms with Gasteiger partial charge in [-0.15, -0.1) is 0 Å². The molecule has 0 fully saturated rings. The van der Waals surface area contributed by atoms with Crippen molar-refractivity contribution >= 4 is 0 Å². The second kappa shape index (κ2) is 4.26. The summed E-state index contributed by atoms with van der Waals surface area (Å²) in [6.07, 6.45) is 0. The highest BCUT2D eigenvalue weighted by molar-refractivity contribution is 5.77.